The molecule has 106 valence electrons. The summed E-state index contributed by atoms with van der Waals surface area (Å²) >= 11 is 2.95. The van der Waals surface area contributed by atoms with E-state index in [1.807, 2.05) is 0 Å². The highest BCUT2D eigenvalue weighted by Gasteiger charge is 2.19. The Morgan fingerprint density at radius 2 is 2.10 bits per heavy atom. The van der Waals surface area contributed by atoms with Gasteiger partial charge in [0.05, 0.1) is 12.4 Å². The molecule has 1 atom stereocenters. The summed E-state index contributed by atoms with van der Waals surface area (Å²) in [6.45, 7) is 0. The minimum absolute atomic E-state index is 0.186. The SMILES string of the molecule is N[C@@H](Cc1cnc[nH]1)C(=O)Nc1c(F)cc(Br)cc1F. The van der Waals surface area contributed by atoms with Crippen LogP contribution in [0.5, 0.6) is 0 Å². The van der Waals surface area contributed by atoms with Crippen molar-refractivity contribution in [2.24, 2.45) is 5.73 Å². The maximum atomic E-state index is 13.6. The highest BCUT2D eigenvalue weighted by Crippen LogP contribution is 2.23. The fourth-order valence-corrected chi connectivity index (χ4v) is 2.01. The average molecular weight is 345 g/mol. The van der Waals surface area contributed by atoms with E-state index in [0.717, 1.165) is 12.1 Å². The van der Waals surface area contributed by atoms with Crippen LogP contribution in [0, 0.1) is 11.6 Å². The Balaban J connectivity index is 2.08. The van der Waals surface area contributed by atoms with Crippen LogP contribution in [0.4, 0.5) is 14.5 Å². The van der Waals surface area contributed by atoms with Gasteiger partial charge in [-0.3, -0.25) is 4.79 Å². The summed E-state index contributed by atoms with van der Waals surface area (Å²) in [6, 6.07) is 1.16. The van der Waals surface area contributed by atoms with Crippen molar-refractivity contribution in [3.05, 3.63) is 46.5 Å². The van der Waals surface area contributed by atoms with E-state index in [1.165, 1.54) is 12.5 Å². The molecule has 0 aliphatic rings. The predicted molar refractivity (Wildman–Crippen MR) is 73.0 cm³/mol. The number of nitrogens with two attached hydrogens (primary N) is 1. The molecule has 4 N–H and O–H groups in total. The number of anilines is 1. The van der Waals surface area contributed by atoms with Gasteiger partial charge in [0.25, 0.3) is 0 Å². The normalized spacial score (nSPS) is 12.2. The number of carbonyl (C=O) groups is 1. The predicted octanol–water partition coefficient (Wildman–Crippen LogP) is 1.96. The maximum Gasteiger partial charge on any atom is 0.241 e. The van der Waals surface area contributed by atoms with Crippen molar-refractivity contribution in [1.29, 1.82) is 0 Å². The Morgan fingerprint density at radius 3 is 2.65 bits per heavy atom. The lowest BCUT2D eigenvalue weighted by Gasteiger charge is -2.12. The Hall–Kier alpha value is -1.80. The van der Waals surface area contributed by atoms with E-state index in [4.69, 9.17) is 5.73 Å². The lowest BCUT2D eigenvalue weighted by atomic mass is 10.1. The lowest BCUT2D eigenvalue weighted by Crippen LogP contribution is -2.38. The summed E-state index contributed by atoms with van der Waals surface area (Å²) in [6.07, 6.45) is 3.16. The third-order valence-corrected chi connectivity index (χ3v) is 3.04. The van der Waals surface area contributed by atoms with Gasteiger partial charge < -0.3 is 16.0 Å². The van der Waals surface area contributed by atoms with Crippen LogP contribution >= 0.6 is 15.9 Å². The van der Waals surface area contributed by atoms with E-state index in [1.54, 1.807) is 0 Å². The lowest BCUT2D eigenvalue weighted by molar-refractivity contribution is -0.117. The zero-order valence-corrected chi connectivity index (χ0v) is 11.7. The molecular weight excluding hydrogens is 334 g/mol. The summed E-state index contributed by atoms with van der Waals surface area (Å²) < 4.78 is 27.4. The second-order valence-electron chi connectivity index (χ2n) is 4.12. The second-order valence-corrected chi connectivity index (χ2v) is 5.04. The Labute approximate surface area is 121 Å². The number of imidazole rings is 1. The molecule has 0 saturated carbocycles. The van der Waals surface area contributed by atoms with Gasteiger partial charge in [0, 0.05) is 22.8 Å². The van der Waals surface area contributed by atoms with Crippen molar-refractivity contribution in [3.63, 3.8) is 0 Å². The smallest absolute Gasteiger partial charge is 0.241 e. The number of benzene rings is 1. The first-order valence-corrected chi connectivity index (χ1v) is 6.45. The van der Waals surface area contributed by atoms with Crippen LogP contribution in [-0.2, 0) is 11.2 Å². The molecule has 1 aromatic carbocycles. The van der Waals surface area contributed by atoms with E-state index in [0.29, 0.717) is 5.69 Å². The molecule has 0 spiro atoms. The Kier molecular flexibility index (Phi) is 4.46. The first-order valence-electron chi connectivity index (χ1n) is 5.65. The van der Waals surface area contributed by atoms with Gasteiger partial charge >= 0.3 is 0 Å². The van der Waals surface area contributed by atoms with Gasteiger partial charge in [-0.15, -0.1) is 0 Å². The van der Waals surface area contributed by atoms with E-state index in [2.05, 4.69) is 31.2 Å². The van der Waals surface area contributed by atoms with E-state index in [9.17, 15) is 13.6 Å². The molecule has 2 rings (SSSR count). The zero-order chi connectivity index (χ0) is 14.7. The number of H-pyrrole nitrogens is 1. The van der Waals surface area contributed by atoms with Gasteiger partial charge in [0.15, 0.2) is 11.6 Å². The fourth-order valence-electron chi connectivity index (χ4n) is 1.60. The maximum absolute atomic E-state index is 13.6. The van der Waals surface area contributed by atoms with Crippen LogP contribution in [0.25, 0.3) is 0 Å². The van der Waals surface area contributed by atoms with Crippen molar-refractivity contribution in [3.8, 4) is 0 Å². The highest BCUT2D eigenvalue weighted by molar-refractivity contribution is 9.10. The molecule has 0 radical (unpaired) electrons. The number of hydrogen-bond donors (Lipinski definition) is 3. The number of aromatic nitrogens is 2. The molecule has 2 aromatic rings. The molecule has 0 aliphatic heterocycles. The van der Waals surface area contributed by atoms with Crippen LogP contribution in [0.15, 0.2) is 29.1 Å². The second kappa shape index (κ2) is 6.10. The summed E-state index contributed by atoms with van der Waals surface area (Å²) in [4.78, 5) is 18.4. The number of nitrogens with one attached hydrogen (secondary N) is 2. The highest BCUT2D eigenvalue weighted by atomic mass is 79.9. The number of rotatable bonds is 4. The van der Waals surface area contributed by atoms with E-state index >= 15 is 0 Å². The zero-order valence-electron chi connectivity index (χ0n) is 10.2. The number of nitrogens with zero attached hydrogens (tertiary/aromatic N) is 1. The first kappa shape index (κ1) is 14.6. The molecule has 0 saturated heterocycles. The quantitative estimate of drug-likeness (QED) is 0.792. The summed E-state index contributed by atoms with van der Waals surface area (Å²) in [5.74, 6) is -2.43. The minimum atomic E-state index is -0.946. The molecule has 0 fully saturated rings. The van der Waals surface area contributed by atoms with Crippen LogP contribution in [0.3, 0.4) is 0 Å². The molecule has 8 heteroatoms. The first-order chi connectivity index (χ1) is 9.47. The van der Waals surface area contributed by atoms with Crippen LogP contribution in [-0.4, -0.2) is 21.9 Å². The largest absolute Gasteiger partial charge is 0.348 e. The van der Waals surface area contributed by atoms with Gasteiger partial charge in [-0.05, 0) is 12.1 Å². The van der Waals surface area contributed by atoms with E-state index < -0.39 is 29.3 Å². The molecule has 1 aromatic heterocycles. The van der Waals surface area contributed by atoms with Crippen molar-refractivity contribution in [1.82, 2.24) is 9.97 Å². The Bertz CT molecular complexity index is 595. The molecule has 1 amide bonds. The van der Waals surface area contributed by atoms with E-state index in [-0.39, 0.29) is 10.9 Å². The number of halogens is 3. The van der Waals surface area contributed by atoms with Crippen molar-refractivity contribution < 1.29 is 13.6 Å². The topological polar surface area (TPSA) is 83.8 Å². The van der Waals surface area contributed by atoms with Gasteiger partial charge in [0.2, 0.25) is 5.91 Å². The standard InChI is InChI=1S/C12H11BrF2N4O/c13-6-1-8(14)11(9(15)2-6)19-12(20)10(16)3-7-4-17-5-18-7/h1-2,4-5,10H,3,16H2,(H,17,18)(H,19,20)/t10-/m0/s1. The summed E-state index contributed by atoms with van der Waals surface area (Å²) in [5, 5.41) is 2.15. The van der Waals surface area contributed by atoms with Crippen LogP contribution < -0.4 is 11.1 Å². The van der Waals surface area contributed by atoms with Crippen molar-refractivity contribution in [2.45, 2.75) is 12.5 Å². The van der Waals surface area contributed by atoms with Crippen LogP contribution in [0.1, 0.15) is 5.69 Å². The van der Waals surface area contributed by atoms with Gasteiger partial charge in [-0.2, -0.15) is 0 Å². The molecular formula is C12H11BrF2N4O. The molecule has 1 heterocycles. The number of carbonyl (C=O) groups excluding carboxylic acids is 1. The molecule has 0 bridgehead atoms. The monoisotopic (exact) mass is 344 g/mol. The molecule has 20 heavy (non-hydrogen) atoms. The minimum Gasteiger partial charge on any atom is -0.348 e. The van der Waals surface area contributed by atoms with Crippen molar-refractivity contribution >= 4 is 27.5 Å². The van der Waals surface area contributed by atoms with Gasteiger partial charge in [-0.1, -0.05) is 15.9 Å². The van der Waals surface area contributed by atoms with Gasteiger partial charge in [-0.25, -0.2) is 13.8 Å². The number of hydrogen-bond acceptors (Lipinski definition) is 3. The average Bonchev–Trinajstić information content (AvgIpc) is 2.86. The number of aromatic amines is 1. The molecule has 5 nitrogen and oxygen atoms in total. The summed E-state index contributed by atoms with van der Waals surface area (Å²) in [7, 11) is 0. The van der Waals surface area contributed by atoms with Crippen molar-refractivity contribution in [2.75, 3.05) is 5.32 Å². The third-order valence-electron chi connectivity index (χ3n) is 2.59. The Morgan fingerprint density at radius 1 is 1.45 bits per heavy atom. The summed E-state index contributed by atoms with van der Waals surface area (Å²) in [5.41, 5.74) is 5.81. The van der Waals surface area contributed by atoms with Gasteiger partial charge in [0.1, 0.15) is 5.69 Å². The molecule has 0 aliphatic carbocycles. The fraction of sp³-hybridized carbons (Fsp3) is 0.167. The number of amides is 1. The van der Waals surface area contributed by atoms with Crippen LogP contribution in [0.2, 0.25) is 0 Å². The third kappa shape index (κ3) is 3.40. The molecule has 0 unspecified atom stereocenters.